The van der Waals surface area contributed by atoms with Crippen molar-refractivity contribution in [3.63, 3.8) is 0 Å². The minimum absolute atomic E-state index is 0.00645. The lowest BCUT2D eigenvalue weighted by atomic mass is 10.1. The first-order chi connectivity index (χ1) is 10.9. The molecule has 2 heterocycles. The number of carbonyl (C=O) groups is 2. The molecule has 1 aliphatic rings. The van der Waals surface area contributed by atoms with Crippen LogP contribution in [0.2, 0.25) is 0 Å². The molecule has 0 bridgehead atoms. The number of aliphatic hydroxyl groups excluding tert-OH is 1. The number of carbonyl (C=O) groups excluding carboxylic acids is 2. The number of aromatic nitrogens is 2. The second-order valence-corrected chi connectivity index (χ2v) is 6.04. The van der Waals surface area contributed by atoms with Crippen LogP contribution in [0.1, 0.15) is 35.1 Å². The Labute approximate surface area is 136 Å². The van der Waals surface area contributed by atoms with Crippen molar-refractivity contribution in [2.45, 2.75) is 33.7 Å². The van der Waals surface area contributed by atoms with E-state index in [0.717, 1.165) is 5.69 Å². The number of Topliss-reactive ketones (excluding diaryl/α,β-unsaturated/α-hetero) is 1. The molecule has 1 fully saturated rings. The Morgan fingerprint density at radius 3 is 2.74 bits per heavy atom. The lowest BCUT2D eigenvalue weighted by Gasteiger charge is -2.22. The molecular formula is C16H25N3O4. The van der Waals surface area contributed by atoms with E-state index in [-0.39, 0.29) is 24.2 Å². The molecule has 1 saturated heterocycles. The zero-order valence-electron chi connectivity index (χ0n) is 14.0. The predicted octanol–water partition coefficient (Wildman–Crippen LogP) is 0.560. The second kappa shape index (κ2) is 7.70. The largest absolute Gasteiger partial charge is 0.396 e. The van der Waals surface area contributed by atoms with E-state index in [2.05, 4.69) is 5.10 Å². The highest BCUT2D eigenvalue weighted by atomic mass is 16.5. The summed E-state index contributed by atoms with van der Waals surface area (Å²) in [6, 6.07) is 0. The number of rotatable bonds is 5. The fourth-order valence-electron chi connectivity index (χ4n) is 3.00. The van der Waals surface area contributed by atoms with Gasteiger partial charge in [-0.15, -0.1) is 0 Å². The molecule has 0 aliphatic carbocycles. The van der Waals surface area contributed by atoms with Gasteiger partial charge in [0, 0.05) is 44.3 Å². The Kier molecular flexibility index (Phi) is 5.90. The first kappa shape index (κ1) is 17.6. The maximum absolute atomic E-state index is 12.4. The average molecular weight is 323 g/mol. The molecule has 0 aromatic carbocycles. The minimum Gasteiger partial charge on any atom is -0.396 e. The molecule has 1 aromatic heterocycles. The SMILES string of the molecule is CC(=O)c1c(C)nn(CCC(=O)N2CCOC[C@H](CO)C2)c1C. The molecule has 0 spiro atoms. The molecule has 2 rings (SSSR count). The summed E-state index contributed by atoms with van der Waals surface area (Å²) in [7, 11) is 0. The van der Waals surface area contributed by atoms with E-state index in [0.29, 0.717) is 50.5 Å². The number of ketones is 1. The fraction of sp³-hybridized carbons (Fsp3) is 0.688. The van der Waals surface area contributed by atoms with Gasteiger partial charge in [0.05, 0.1) is 24.5 Å². The van der Waals surface area contributed by atoms with Gasteiger partial charge in [-0.25, -0.2) is 0 Å². The van der Waals surface area contributed by atoms with Gasteiger partial charge in [-0.2, -0.15) is 5.10 Å². The van der Waals surface area contributed by atoms with Gasteiger partial charge in [0.15, 0.2) is 5.78 Å². The van der Waals surface area contributed by atoms with Crippen molar-refractivity contribution in [2.75, 3.05) is 32.9 Å². The van der Waals surface area contributed by atoms with Crippen molar-refractivity contribution < 1.29 is 19.4 Å². The molecule has 7 nitrogen and oxygen atoms in total. The zero-order chi connectivity index (χ0) is 17.0. The van der Waals surface area contributed by atoms with Crippen LogP contribution in [-0.2, 0) is 16.1 Å². The number of aryl methyl sites for hydroxylation is 2. The topological polar surface area (TPSA) is 84.7 Å². The van der Waals surface area contributed by atoms with Crippen LogP contribution in [0.3, 0.4) is 0 Å². The van der Waals surface area contributed by atoms with E-state index in [9.17, 15) is 14.7 Å². The van der Waals surface area contributed by atoms with E-state index in [1.807, 2.05) is 6.92 Å². The van der Waals surface area contributed by atoms with Crippen molar-refractivity contribution in [3.8, 4) is 0 Å². The molecule has 0 radical (unpaired) electrons. The van der Waals surface area contributed by atoms with Gasteiger partial charge < -0.3 is 14.7 Å². The van der Waals surface area contributed by atoms with Crippen LogP contribution in [0.25, 0.3) is 0 Å². The van der Waals surface area contributed by atoms with Gasteiger partial charge in [-0.1, -0.05) is 0 Å². The maximum Gasteiger partial charge on any atom is 0.224 e. The normalized spacial score (nSPS) is 18.8. The first-order valence-corrected chi connectivity index (χ1v) is 7.95. The van der Waals surface area contributed by atoms with Gasteiger partial charge in [0.25, 0.3) is 0 Å². The summed E-state index contributed by atoms with van der Waals surface area (Å²) >= 11 is 0. The molecule has 0 unspecified atom stereocenters. The Balaban J connectivity index is 1.99. The van der Waals surface area contributed by atoms with Gasteiger partial charge in [-0.3, -0.25) is 14.3 Å². The standard InChI is InChI=1S/C16H25N3O4/c1-11-16(13(3)21)12(2)19(17-11)5-4-15(22)18-6-7-23-10-14(8-18)9-20/h14,20H,4-10H2,1-3H3/t14-/m0/s1. The average Bonchev–Trinajstić information content (AvgIpc) is 2.69. The predicted molar refractivity (Wildman–Crippen MR) is 84.3 cm³/mol. The van der Waals surface area contributed by atoms with Crippen LogP contribution in [0.15, 0.2) is 0 Å². The lowest BCUT2D eigenvalue weighted by Crippen LogP contribution is -2.37. The molecule has 1 aromatic rings. The highest BCUT2D eigenvalue weighted by Gasteiger charge is 2.22. The number of hydrogen-bond donors (Lipinski definition) is 1. The smallest absolute Gasteiger partial charge is 0.224 e. The monoisotopic (exact) mass is 323 g/mol. The Morgan fingerprint density at radius 2 is 2.13 bits per heavy atom. The minimum atomic E-state index is -0.0283. The van der Waals surface area contributed by atoms with E-state index < -0.39 is 0 Å². The second-order valence-electron chi connectivity index (χ2n) is 6.04. The van der Waals surface area contributed by atoms with Crippen LogP contribution < -0.4 is 0 Å². The molecular weight excluding hydrogens is 298 g/mol. The molecule has 128 valence electrons. The van der Waals surface area contributed by atoms with Crippen LogP contribution in [0.4, 0.5) is 0 Å². The molecule has 7 heteroatoms. The molecule has 0 saturated carbocycles. The van der Waals surface area contributed by atoms with Crippen LogP contribution >= 0.6 is 0 Å². The van der Waals surface area contributed by atoms with Crippen LogP contribution in [0.5, 0.6) is 0 Å². The summed E-state index contributed by atoms with van der Waals surface area (Å²) in [6.07, 6.45) is 0.317. The van der Waals surface area contributed by atoms with Crippen molar-refractivity contribution in [3.05, 3.63) is 17.0 Å². The quantitative estimate of drug-likeness (QED) is 0.800. The summed E-state index contributed by atoms with van der Waals surface area (Å²) in [5, 5.41) is 13.6. The third-order valence-electron chi connectivity index (χ3n) is 4.22. The summed E-state index contributed by atoms with van der Waals surface area (Å²) in [5.74, 6) is -0.0154. The van der Waals surface area contributed by atoms with Crippen molar-refractivity contribution >= 4 is 11.7 Å². The van der Waals surface area contributed by atoms with E-state index >= 15 is 0 Å². The highest BCUT2D eigenvalue weighted by Crippen LogP contribution is 2.15. The molecule has 1 amide bonds. The number of nitrogens with zero attached hydrogens (tertiary/aromatic N) is 3. The third-order valence-corrected chi connectivity index (χ3v) is 4.22. The van der Waals surface area contributed by atoms with Crippen molar-refractivity contribution in [1.29, 1.82) is 0 Å². The summed E-state index contributed by atoms with van der Waals surface area (Å²) in [6.45, 7) is 7.69. The molecule has 1 N–H and O–H groups in total. The first-order valence-electron chi connectivity index (χ1n) is 7.95. The van der Waals surface area contributed by atoms with Crippen LogP contribution in [-0.4, -0.2) is 64.4 Å². The number of hydrogen-bond acceptors (Lipinski definition) is 5. The molecule has 1 aliphatic heterocycles. The zero-order valence-corrected chi connectivity index (χ0v) is 14.0. The summed E-state index contributed by atoms with van der Waals surface area (Å²) in [5.41, 5.74) is 2.14. The van der Waals surface area contributed by atoms with E-state index in [4.69, 9.17) is 4.74 Å². The number of aliphatic hydroxyl groups is 1. The maximum atomic E-state index is 12.4. The molecule has 23 heavy (non-hydrogen) atoms. The van der Waals surface area contributed by atoms with E-state index in [1.165, 1.54) is 6.92 Å². The Bertz CT molecular complexity index is 582. The van der Waals surface area contributed by atoms with Crippen LogP contribution in [0, 0.1) is 19.8 Å². The Hall–Kier alpha value is -1.73. The fourth-order valence-corrected chi connectivity index (χ4v) is 3.00. The third kappa shape index (κ3) is 4.17. The number of ether oxygens (including phenoxy) is 1. The Morgan fingerprint density at radius 1 is 1.39 bits per heavy atom. The van der Waals surface area contributed by atoms with Gasteiger partial charge in [0.1, 0.15) is 0 Å². The summed E-state index contributed by atoms with van der Waals surface area (Å²) < 4.78 is 7.12. The van der Waals surface area contributed by atoms with Gasteiger partial charge in [0.2, 0.25) is 5.91 Å². The lowest BCUT2D eigenvalue weighted by molar-refractivity contribution is -0.132. The highest BCUT2D eigenvalue weighted by molar-refractivity contribution is 5.96. The summed E-state index contributed by atoms with van der Waals surface area (Å²) in [4.78, 5) is 25.8. The van der Waals surface area contributed by atoms with Crippen molar-refractivity contribution in [1.82, 2.24) is 14.7 Å². The van der Waals surface area contributed by atoms with Crippen molar-refractivity contribution in [2.24, 2.45) is 5.92 Å². The van der Waals surface area contributed by atoms with E-state index in [1.54, 1.807) is 16.5 Å². The number of amides is 1. The van der Waals surface area contributed by atoms with Gasteiger partial charge >= 0.3 is 0 Å². The molecule has 1 atom stereocenters. The van der Waals surface area contributed by atoms with Gasteiger partial charge in [-0.05, 0) is 20.8 Å².